The number of aromatic nitrogens is 5. The molecule has 7 heteroatoms. The van der Waals surface area contributed by atoms with Gasteiger partial charge in [-0.2, -0.15) is 0 Å². The van der Waals surface area contributed by atoms with Gasteiger partial charge >= 0.3 is 0 Å². The van der Waals surface area contributed by atoms with E-state index >= 15 is 0 Å². The van der Waals surface area contributed by atoms with E-state index in [0.717, 1.165) is 16.9 Å². The van der Waals surface area contributed by atoms with E-state index in [4.69, 9.17) is 11.6 Å². The Morgan fingerprint density at radius 2 is 2.00 bits per heavy atom. The zero-order valence-corrected chi connectivity index (χ0v) is 14.5. The second kappa shape index (κ2) is 6.67. The van der Waals surface area contributed by atoms with E-state index in [9.17, 15) is 5.11 Å². The van der Waals surface area contributed by atoms with Gasteiger partial charge in [-0.05, 0) is 36.6 Å². The maximum Gasteiger partial charge on any atom is 0.155 e. The highest BCUT2D eigenvalue weighted by Gasteiger charge is 2.13. The molecule has 0 saturated carbocycles. The lowest BCUT2D eigenvalue weighted by Crippen LogP contribution is -2.03. The summed E-state index contributed by atoms with van der Waals surface area (Å²) < 4.78 is 1.84. The summed E-state index contributed by atoms with van der Waals surface area (Å²) in [6, 6.07) is 5.64. The summed E-state index contributed by atoms with van der Waals surface area (Å²) in [6.45, 7) is 5.82. The monoisotopic (exact) mass is 343 g/mol. The summed E-state index contributed by atoms with van der Waals surface area (Å²) in [5.74, 6) is 0.234. The number of hydrogen-bond donors (Lipinski definition) is 1. The van der Waals surface area contributed by atoms with Gasteiger partial charge in [-0.1, -0.05) is 25.4 Å². The quantitative estimate of drug-likeness (QED) is 0.786. The van der Waals surface area contributed by atoms with Crippen LogP contribution in [0.4, 0.5) is 0 Å². The van der Waals surface area contributed by atoms with Crippen molar-refractivity contribution >= 4 is 11.6 Å². The minimum absolute atomic E-state index is 0.182. The van der Waals surface area contributed by atoms with Crippen molar-refractivity contribution in [1.82, 2.24) is 24.7 Å². The molecule has 0 spiro atoms. The van der Waals surface area contributed by atoms with Crippen LogP contribution in [-0.2, 0) is 6.61 Å². The van der Waals surface area contributed by atoms with E-state index in [1.165, 1.54) is 0 Å². The smallest absolute Gasteiger partial charge is 0.155 e. The summed E-state index contributed by atoms with van der Waals surface area (Å²) in [5, 5.41) is 18.2. The summed E-state index contributed by atoms with van der Waals surface area (Å²) >= 11 is 6.10. The Balaban J connectivity index is 2.06. The topological polar surface area (TPSA) is 76.7 Å². The van der Waals surface area contributed by atoms with E-state index in [1.54, 1.807) is 6.33 Å². The average Bonchev–Trinajstić information content (AvgIpc) is 3.00. The van der Waals surface area contributed by atoms with Crippen molar-refractivity contribution in [2.24, 2.45) is 0 Å². The molecule has 0 aliphatic heterocycles. The van der Waals surface area contributed by atoms with Gasteiger partial charge < -0.3 is 9.67 Å². The van der Waals surface area contributed by atoms with Crippen LogP contribution in [0.5, 0.6) is 0 Å². The van der Waals surface area contributed by atoms with E-state index < -0.39 is 0 Å². The van der Waals surface area contributed by atoms with Crippen LogP contribution in [0.1, 0.15) is 36.7 Å². The molecule has 1 N–H and O–H groups in total. The second-order valence-corrected chi connectivity index (χ2v) is 6.23. The molecular weight excluding hydrogens is 326 g/mol. The van der Waals surface area contributed by atoms with E-state index in [2.05, 4.69) is 20.2 Å². The predicted octanol–water partition coefficient (Wildman–Crippen LogP) is 3.30. The lowest BCUT2D eigenvalue weighted by molar-refractivity contribution is 0.276. The van der Waals surface area contributed by atoms with Crippen molar-refractivity contribution in [3.8, 4) is 17.1 Å². The third kappa shape index (κ3) is 3.16. The molecule has 6 nitrogen and oxygen atoms in total. The summed E-state index contributed by atoms with van der Waals surface area (Å²) in [7, 11) is 0. The molecule has 0 bridgehead atoms. The molecule has 0 aliphatic carbocycles. The molecule has 0 unspecified atom stereocenters. The number of aryl methyl sites for hydroxylation is 1. The van der Waals surface area contributed by atoms with Crippen molar-refractivity contribution < 1.29 is 5.11 Å². The van der Waals surface area contributed by atoms with Crippen LogP contribution in [0, 0.1) is 6.92 Å². The number of hydrogen-bond acceptors (Lipinski definition) is 5. The Bertz CT molecular complexity index is 875. The molecular formula is C17H18ClN5O. The number of aliphatic hydroxyl groups excluding tert-OH is 1. The normalized spacial score (nSPS) is 11.2. The predicted molar refractivity (Wildman–Crippen MR) is 92.1 cm³/mol. The number of pyridine rings is 1. The Morgan fingerprint density at radius 1 is 1.21 bits per heavy atom. The second-order valence-electron chi connectivity index (χ2n) is 5.87. The first-order valence-corrected chi connectivity index (χ1v) is 8.02. The minimum Gasteiger partial charge on any atom is -0.390 e. The van der Waals surface area contributed by atoms with E-state index in [0.29, 0.717) is 22.2 Å². The Kier molecular flexibility index (Phi) is 4.59. The number of rotatable bonds is 4. The van der Waals surface area contributed by atoms with Crippen LogP contribution in [-0.4, -0.2) is 29.8 Å². The lowest BCUT2D eigenvalue weighted by Gasteiger charge is -2.11. The molecule has 0 saturated heterocycles. The van der Waals surface area contributed by atoms with Gasteiger partial charge in [-0.3, -0.25) is 0 Å². The molecule has 124 valence electrons. The third-order valence-electron chi connectivity index (χ3n) is 3.75. The van der Waals surface area contributed by atoms with Gasteiger partial charge in [0, 0.05) is 6.20 Å². The molecule has 0 aliphatic rings. The highest BCUT2D eigenvalue weighted by molar-refractivity contribution is 6.30. The molecule has 3 heterocycles. The van der Waals surface area contributed by atoms with Crippen molar-refractivity contribution in [3.05, 3.63) is 52.8 Å². The number of halogens is 1. The molecule has 0 fully saturated rings. The largest absolute Gasteiger partial charge is 0.390 e. The first-order valence-electron chi connectivity index (χ1n) is 7.65. The standard InChI is InChI=1S/C17H18ClN5O/c1-10(2)12-6-14(21-22-17(12)18)13-4-5-16(15(8-24)20-13)23-7-11(3)19-9-23/h4-7,9-10,24H,8H2,1-3H3. The van der Waals surface area contributed by atoms with Crippen LogP contribution in [0.15, 0.2) is 30.7 Å². The molecule has 3 rings (SSSR count). The summed E-state index contributed by atoms with van der Waals surface area (Å²) in [5.41, 5.74) is 4.42. The van der Waals surface area contributed by atoms with Gasteiger partial charge in [-0.15, -0.1) is 10.2 Å². The third-order valence-corrected chi connectivity index (χ3v) is 4.04. The SMILES string of the molecule is Cc1cn(-c2ccc(-c3cc(C(C)C)c(Cl)nn3)nc2CO)cn1. The van der Waals surface area contributed by atoms with Crippen molar-refractivity contribution in [1.29, 1.82) is 0 Å². The number of imidazole rings is 1. The van der Waals surface area contributed by atoms with E-state index in [-0.39, 0.29) is 12.5 Å². The van der Waals surface area contributed by atoms with Gasteiger partial charge in [-0.25, -0.2) is 9.97 Å². The van der Waals surface area contributed by atoms with Crippen LogP contribution < -0.4 is 0 Å². The fourth-order valence-electron chi connectivity index (χ4n) is 2.46. The molecule has 0 aromatic carbocycles. The van der Waals surface area contributed by atoms with Gasteiger partial charge in [0.25, 0.3) is 0 Å². The minimum atomic E-state index is -0.182. The van der Waals surface area contributed by atoms with E-state index in [1.807, 2.05) is 49.7 Å². The molecule has 24 heavy (non-hydrogen) atoms. The first-order chi connectivity index (χ1) is 11.5. The molecule has 3 aromatic rings. The van der Waals surface area contributed by atoms with Crippen LogP contribution in [0.2, 0.25) is 5.15 Å². The molecule has 0 radical (unpaired) electrons. The van der Waals surface area contributed by atoms with Crippen LogP contribution in [0.3, 0.4) is 0 Å². The van der Waals surface area contributed by atoms with Crippen LogP contribution >= 0.6 is 11.6 Å². The number of nitrogens with zero attached hydrogens (tertiary/aromatic N) is 5. The summed E-state index contributed by atoms with van der Waals surface area (Å²) in [6.07, 6.45) is 3.58. The maximum atomic E-state index is 9.69. The average molecular weight is 344 g/mol. The van der Waals surface area contributed by atoms with Crippen molar-refractivity contribution in [3.63, 3.8) is 0 Å². The van der Waals surface area contributed by atoms with Gasteiger partial charge in [0.15, 0.2) is 5.15 Å². The zero-order valence-electron chi connectivity index (χ0n) is 13.7. The van der Waals surface area contributed by atoms with Gasteiger partial charge in [0.2, 0.25) is 0 Å². The van der Waals surface area contributed by atoms with Crippen LogP contribution in [0.25, 0.3) is 17.1 Å². The summed E-state index contributed by atoms with van der Waals surface area (Å²) in [4.78, 5) is 8.74. The number of aliphatic hydroxyl groups is 1. The Morgan fingerprint density at radius 3 is 2.62 bits per heavy atom. The van der Waals surface area contributed by atoms with Gasteiger partial charge in [0.1, 0.15) is 5.69 Å². The highest BCUT2D eigenvalue weighted by atomic mass is 35.5. The maximum absolute atomic E-state index is 9.69. The van der Waals surface area contributed by atoms with Crippen molar-refractivity contribution in [2.75, 3.05) is 0 Å². The fourth-order valence-corrected chi connectivity index (χ4v) is 2.77. The van der Waals surface area contributed by atoms with Gasteiger partial charge in [0.05, 0.1) is 35.7 Å². The zero-order chi connectivity index (χ0) is 17.3. The fraction of sp³-hybridized carbons (Fsp3) is 0.294. The molecule has 0 atom stereocenters. The molecule has 3 aromatic heterocycles. The Labute approximate surface area is 145 Å². The van der Waals surface area contributed by atoms with Crippen molar-refractivity contribution in [2.45, 2.75) is 33.3 Å². The lowest BCUT2D eigenvalue weighted by atomic mass is 10.0. The Hall–Kier alpha value is -2.31. The highest BCUT2D eigenvalue weighted by Crippen LogP contribution is 2.26. The molecule has 0 amide bonds. The first kappa shape index (κ1) is 16.5.